The van der Waals surface area contributed by atoms with Crippen LogP contribution in [0.5, 0.6) is 0 Å². The fourth-order valence-corrected chi connectivity index (χ4v) is 10.9. The van der Waals surface area contributed by atoms with Gasteiger partial charge in [0.15, 0.2) is 0 Å². The van der Waals surface area contributed by atoms with Crippen LogP contribution in [0.15, 0.2) is 164 Å². The quantitative estimate of drug-likeness (QED) is 0.174. The number of hydrogen-bond donors (Lipinski definition) is 0. The molecule has 61 heavy (non-hydrogen) atoms. The lowest BCUT2D eigenvalue weighted by Crippen LogP contribution is -2.11. The lowest BCUT2D eigenvalue weighted by molar-refractivity contribution is 0.591. The van der Waals surface area contributed by atoms with Gasteiger partial charge in [0.05, 0.1) is 38.8 Å². The van der Waals surface area contributed by atoms with Crippen LogP contribution in [0, 0.1) is 0 Å². The average molecular weight is 784 g/mol. The molecule has 0 aliphatic heterocycles. The van der Waals surface area contributed by atoms with Crippen LogP contribution in [0.2, 0.25) is 0 Å². The molecular weight excluding hydrogens is 739 g/mol. The molecule has 292 valence electrons. The van der Waals surface area contributed by atoms with Gasteiger partial charge in [0.2, 0.25) is 0 Å². The molecule has 4 aromatic heterocycles. The molecule has 4 heterocycles. The van der Waals surface area contributed by atoms with Gasteiger partial charge in [-0.25, -0.2) is 0 Å². The standard InChI is InChI=1S/C58H45N3/c1-57(2,3)36-30-44-42-26-25-34-17-13-15-23-40(34)52(42)60-48-27-28-49-51(50(48)46(32-36)53(44)60)47-33-37(58(4,5)6)31-45-43-29-35-18-14-16-24-41(35)55(56(43)61(49)54(45)47)59(38-19-9-7-10-20-38)39-21-11-8-12-22-39/h7-33H,1-6H3. The Labute approximate surface area is 354 Å². The van der Waals surface area contributed by atoms with Crippen molar-refractivity contribution in [3.05, 3.63) is 175 Å². The third kappa shape index (κ3) is 4.58. The van der Waals surface area contributed by atoms with Crippen molar-refractivity contribution in [1.82, 2.24) is 8.80 Å². The number of hydrogen-bond acceptors (Lipinski definition) is 1. The molecule has 0 unspecified atom stereocenters. The summed E-state index contributed by atoms with van der Waals surface area (Å²) in [7, 11) is 0. The summed E-state index contributed by atoms with van der Waals surface area (Å²) in [4.78, 5) is 2.49. The van der Waals surface area contributed by atoms with Crippen molar-refractivity contribution in [2.24, 2.45) is 0 Å². The van der Waals surface area contributed by atoms with E-state index in [9.17, 15) is 0 Å². The van der Waals surface area contributed by atoms with E-state index in [0.717, 1.165) is 11.4 Å². The molecule has 3 heteroatoms. The summed E-state index contributed by atoms with van der Waals surface area (Å²) >= 11 is 0. The number of anilines is 3. The summed E-state index contributed by atoms with van der Waals surface area (Å²) in [5.74, 6) is 0. The summed E-state index contributed by atoms with van der Waals surface area (Å²) < 4.78 is 5.24. The minimum absolute atomic E-state index is 0.0359. The van der Waals surface area contributed by atoms with Crippen LogP contribution in [0.4, 0.5) is 17.1 Å². The number of rotatable bonds is 3. The second kappa shape index (κ2) is 11.8. The van der Waals surface area contributed by atoms with Crippen LogP contribution >= 0.6 is 0 Å². The van der Waals surface area contributed by atoms with Crippen LogP contribution in [-0.2, 0) is 10.8 Å². The van der Waals surface area contributed by atoms with Gasteiger partial charge in [-0.15, -0.1) is 0 Å². The zero-order chi connectivity index (χ0) is 41.1. The SMILES string of the molecule is CC(C)(C)c1cc2c3cc4ccccc4c(N(c4ccccc4)c4ccccc4)c3n3c4ccc5c(c6cc(C(C)(C)C)cc7c8ccc9ccccc9c8n5c76)c4c(c1)c23. The molecule has 3 nitrogen and oxygen atoms in total. The lowest BCUT2D eigenvalue weighted by Gasteiger charge is -2.28. The Balaban J connectivity index is 1.31. The van der Waals surface area contributed by atoms with Crippen molar-refractivity contribution in [1.29, 1.82) is 0 Å². The molecule has 0 amide bonds. The summed E-state index contributed by atoms with van der Waals surface area (Å²) in [6.45, 7) is 14.1. The number of aromatic nitrogens is 2. The van der Waals surface area contributed by atoms with Crippen molar-refractivity contribution < 1.29 is 0 Å². The highest BCUT2D eigenvalue weighted by Gasteiger charge is 2.30. The maximum atomic E-state index is 2.63. The van der Waals surface area contributed by atoms with Gasteiger partial charge in [0, 0.05) is 65.2 Å². The maximum absolute atomic E-state index is 2.63. The first-order valence-electron chi connectivity index (χ1n) is 21.7. The molecule has 0 aliphatic carbocycles. The van der Waals surface area contributed by atoms with Gasteiger partial charge in [-0.2, -0.15) is 0 Å². The molecule has 13 aromatic rings. The molecule has 0 atom stereocenters. The Bertz CT molecular complexity index is 3890. The number of fused-ring (bicyclic) bond motifs is 16. The Morgan fingerprint density at radius 2 is 0.787 bits per heavy atom. The van der Waals surface area contributed by atoms with Crippen molar-refractivity contribution >= 4 is 115 Å². The molecule has 13 rings (SSSR count). The fraction of sp³-hybridized carbons (Fsp3) is 0.138. The zero-order valence-electron chi connectivity index (χ0n) is 35.4. The Morgan fingerprint density at radius 1 is 0.344 bits per heavy atom. The predicted octanol–water partition coefficient (Wildman–Crippen LogP) is 16.4. The van der Waals surface area contributed by atoms with E-state index in [-0.39, 0.29) is 10.8 Å². The number of para-hydroxylation sites is 2. The molecule has 0 aliphatic rings. The second-order valence-corrected chi connectivity index (χ2v) is 19.4. The van der Waals surface area contributed by atoms with Gasteiger partial charge >= 0.3 is 0 Å². The third-order valence-corrected chi connectivity index (χ3v) is 13.8. The monoisotopic (exact) mass is 783 g/mol. The molecular formula is C58H45N3. The van der Waals surface area contributed by atoms with E-state index in [4.69, 9.17) is 0 Å². The smallest absolute Gasteiger partial charge is 0.0789 e. The molecule has 0 bridgehead atoms. The summed E-state index contributed by atoms with van der Waals surface area (Å²) in [5.41, 5.74) is 13.7. The van der Waals surface area contributed by atoms with Gasteiger partial charge in [0.1, 0.15) is 0 Å². The first-order chi connectivity index (χ1) is 29.6. The lowest BCUT2D eigenvalue weighted by atomic mass is 9.84. The van der Waals surface area contributed by atoms with Crippen LogP contribution < -0.4 is 4.90 Å². The molecule has 0 fully saturated rings. The van der Waals surface area contributed by atoms with Crippen LogP contribution in [0.1, 0.15) is 52.7 Å². The number of benzene rings is 9. The third-order valence-electron chi connectivity index (χ3n) is 13.8. The summed E-state index contributed by atoms with van der Waals surface area (Å²) in [6, 6.07) is 61.7. The van der Waals surface area contributed by atoms with Crippen molar-refractivity contribution in [3.8, 4) is 0 Å². The molecule has 9 aromatic carbocycles. The molecule has 0 radical (unpaired) electrons. The number of nitrogens with zero attached hydrogens (tertiary/aromatic N) is 3. The zero-order valence-corrected chi connectivity index (χ0v) is 35.4. The minimum Gasteiger partial charge on any atom is -0.308 e. The topological polar surface area (TPSA) is 12.1 Å². The van der Waals surface area contributed by atoms with E-state index in [1.54, 1.807) is 0 Å². The van der Waals surface area contributed by atoms with Gasteiger partial charge in [-0.1, -0.05) is 139 Å². The highest BCUT2D eigenvalue weighted by atomic mass is 15.2. The Morgan fingerprint density at radius 3 is 1.36 bits per heavy atom. The van der Waals surface area contributed by atoms with Gasteiger partial charge in [0.25, 0.3) is 0 Å². The van der Waals surface area contributed by atoms with E-state index in [1.165, 1.54) is 115 Å². The molecule has 0 saturated heterocycles. The van der Waals surface area contributed by atoms with E-state index in [0.29, 0.717) is 0 Å². The van der Waals surface area contributed by atoms with Crippen LogP contribution in [-0.4, -0.2) is 8.80 Å². The Kier molecular flexibility index (Phi) is 6.72. The van der Waals surface area contributed by atoms with Crippen LogP contribution in [0.25, 0.3) is 97.7 Å². The van der Waals surface area contributed by atoms with E-state index < -0.39 is 0 Å². The predicted molar refractivity (Wildman–Crippen MR) is 263 cm³/mol. The van der Waals surface area contributed by atoms with Gasteiger partial charge < -0.3 is 13.7 Å². The Hall–Kier alpha value is -7.10. The van der Waals surface area contributed by atoms with Crippen molar-refractivity contribution in [3.63, 3.8) is 0 Å². The summed E-state index contributed by atoms with van der Waals surface area (Å²) in [6.07, 6.45) is 0. The highest BCUT2D eigenvalue weighted by molar-refractivity contribution is 6.37. The van der Waals surface area contributed by atoms with E-state index in [1.807, 2.05) is 0 Å². The highest BCUT2D eigenvalue weighted by Crippen LogP contribution is 2.53. The van der Waals surface area contributed by atoms with Gasteiger partial charge in [-0.05, 0) is 99.5 Å². The normalized spacial score (nSPS) is 13.1. The van der Waals surface area contributed by atoms with E-state index in [2.05, 4.69) is 219 Å². The van der Waals surface area contributed by atoms with Crippen LogP contribution in [0.3, 0.4) is 0 Å². The van der Waals surface area contributed by atoms with E-state index >= 15 is 0 Å². The molecule has 0 spiro atoms. The van der Waals surface area contributed by atoms with Crippen molar-refractivity contribution in [2.75, 3.05) is 4.90 Å². The first kappa shape index (κ1) is 34.7. The fourth-order valence-electron chi connectivity index (χ4n) is 10.9. The summed E-state index contributed by atoms with van der Waals surface area (Å²) in [5, 5.41) is 15.6. The molecule has 0 N–H and O–H groups in total. The first-order valence-corrected chi connectivity index (χ1v) is 21.7. The van der Waals surface area contributed by atoms with Crippen molar-refractivity contribution in [2.45, 2.75) is 52.4 Å². The molecule has 0 saturated carbocycles. The van der Waals surface area contributed by atoms with Gasteiger partial charge in [-0.3, -0.25) is 0 Å². The largest absolute Gasteiger partial charge is 0.308 e. The average Bonchev–Trinajstić information content (AvgIpc) is 3.99. The maximum Gasteiger partial charge on any atom is 0.0789 e. The minimum atomic E-state index is -0.0700. The second-order valence-electron chi connectivity index (χ2n) is 19.4.